The molecule has 0 radical (unpaired) electrons. The Labute approximate surface area is 132 Å². The fourth-order valence-electron chi connectivity index (χ4n) is 2.58. The predicted molar refractivity (Wildman–Crippen MR) is 87.7 cm³/mol. The number of rotatable bonds is 5. The lowest BCUT2D eigenvalue weighted by Crippen LogP contribution is -2.50. The van der Waals surface area contributed by atoms with E-state index < -0.39 is 0 Å². The number of carbonyl (C=O) groups is 2. The van der Waals surface area contributed by atoms with Gasteiger partial charge >= 0.3 is 0 Å². The quantitative estimate of drug-likeness (QED) is 0.868. The molecule has 1 saturated heterocycles. The van der Waals surface area contributed by atoms with E-state index in [4.69, 9.17) is 0 Å². The molecule has 1 aromatic rings. The van der Waals surface area contributed by atoms with Crippen molar-refractivity contribution in [1.29, 1.82) is 0 Å². The SMILES string of the molecule is Cc1cccc(NC(=O)CN(C)C(=O)C(C)C2CNC2)c1C. The number of nitrogens with zero attached hydrogens (tertiary/aromatic N) is 1. The van der Waals surface area contributed by atoms with E-state index in [1.54, 1.807) is 7.05 Å². The first-order valence-corrected chi connectivity index (χ1v) is 7.72. The van der Waals surface area contributed by atoms with Gasteiger partial charge in [0.25, 0.3) is 0 Å². The summed E-state index contributed by atoms with van der Waals surface area (Å²) in [6.07, 6.45) is 0. The normalized spacial score (nSPS) is 15.8. The third kappa shape index (κ3) is 3.65. The van der Waals surface area contributed by atoms with E-state index in [2.05, 4.69) is 10.6 Å². The highest BCUT2D eigenvalue weighted by Crippen LogP contribution is 2.19. The highest BCUT2D eigenvalue weighted by atomic mass is 16.2. The molecule has 2 rings (SSSR count). The summed E-state index contributed by atoms with van der Waals surface area (Å²) >= 11 is 0. The Balaban J connectivity index is 1.90. The average Bonchev–Trinajstić information content (AvgIpc) is 2.41. The zero-order chi connectivity index (χ0) is 16.3. The van der Waals surface area contributed by atoms with Crippen molar-refractivity contribution < 1.29 is 9.59 Å². The molecule has 0 aromatic heterocycles. The number of carbonyl (C=O) groups excluding carboxylic acids is 2. The van der Waals surface area contributed by atoms with Gasteiger partial charge in [-0.05, 0) is 50.0 Å². The third-order valence-electron chi connectivity index (χ3n) is 4.55. The summed E-state index contributed by atoms with van der Waals surface area (Å²) in [6, 6.07) is 5.80. The van der Waals surface area contributed by atoms with Crippen molar-refractivity contribution in [3.8, 4) is 0 Å². The van der Waals surface area contributed by atoms with Crippen LogP contribution in [0.15, 0.2) is 18.2 Å². The van der Waals surface area contributed by atoms with E-state index in [-0.39, 0.29) is 24.3 Å². The molecule has 2 N–H and O–H groups in total. The minimum Gasteiger partial charge on any atom is -0.336 e. The van der Waals surface area contributed by atoms with Gasteiger partial charge in [-0.1, -0.05) is 19.1 Å². The molecule has 5 heteroatoms. The van der Waals surface area contributed by atoms with Gasteiger partial charge in [0.2, 0.25) is 11.8 Å². The number of nitrogens with one attached hydrogen (secondary N) is 2. The van der Waals surface area contributed by atoms with Crippen LogP contribution in [0, 0.1) is 25.7 Å². The molecule has 1 aromatic carbocycles. The monoisotopic (exact) mass is 303 g/mol. The van der Waals surface area contributed by atoms with Gasteiger partial charge in [-0.2, -0.15) is 0 Å². The second-order valence-corrected chi connectivity index (χ2v) is 6.20. The van der Waals surface area contributed by atoms with Crippen LogP contribution >= 0.6 is 0 Å². The van der Waals surface area contributed by atoms with Crippen molar-refractivity contribution in [1.82, 2.24) is 10.2 Å². The lowest BCUT2D eigenvalue weighted by molar-refractivity contribution is -0.138. The van der Waals surface area contributed by atoms with Crippen molar-refractivity contribution in [3.05, 3.63) is 29.3 Å². The summed E-state index contributed by atoms with van der Waals surface area (Å²) in [6.45, 7) is 7.77. The maximum Gasteiger partial charge on any atom is 0.243 e. The Morgan fingerprint density at radius 1 is 1.36 bits per heavy atom. The summed E-state index contributed by atoms with van der Waals surface area (Å²) in [5.74, 6) is 0.211. The Morgan fingerprint density at radius 2 is 2.05 bits per heavy atom. The highest BCUT2D eigenvalue weighted by molar-refractivity contribution is 5.95. The number of anilines is 1. The van der Waals surface area contributed by atoms with Gasteiger partial charge in [0, 0.05) is 18.7 Å². The fourth-order valence-corrected chi connectivity index (χ4v) is 2.58. The van der Waals surface area contributed by atoms with Gasteiger partial charge in [0.15, 0.2) is 0 Å². The van der Waals surface area contributed by atoms with Crippen LogP contribution in [0.1, 0.15) is 18.1 Å². The van der Waals surface area contributed by atoms with Crippen molar-refractivity contribution >= 4 is 17.5 Å². The Morgan fingerprint density at radius 3 is 2.64 bits per heavy atom. The molecule has 0 saturated carbocycles. The molecule has 5 nitrogen and oxygen atoms in total. The van der Waals surface area contributed by atoms with Crippen LogP contribution in [0.2, 0.25) is 0 Å². The second kappa shape index (κ2) is 6.92. The maximum atomic E-state index is 12.3. The Bertz CT molecular complexity index is 567. The van der Waals surface area contributed by atoms with Gasteiger partial charge in [0.1, 0.15) is 0 Å². The highest BCUT2D eigenvalue weighted by Gasteiger charge is 2.30. The van der Waals surface area contributed by atoms with Crippen LogP contribution in [0.25, 0.3) is 0 Å². The number of hydrogen-bond acceptors (Lipinski definition) is 3. The number of amides is 2. The maximum absolute atomic E-state index is 12.3. The average molecular weight is 303 g/mol. The lowest BCUT2D eigenvalue weighted by atomic mass is 9.88. The van der Waals surface area contributed by atoms with Crippen molar-refractivity contribution in [3.63, 3.8) is 0 Å². The molecule has 1 aliphatic rings. The molecular formula is C17H25N3O2. The van der Waals surface area contributed by atoms with Crippen molar-refractivity contribution in [2.24, 2.45) is 11.8 Å². The zero-order valence-electron chi connectivity index (χ0n) is 13.8. The molecule has 1 aliphatic heterocycles. The van der Waals surface area contributed by atoms with Crippen LogP contribution in [0.3, 0.4) is 0 Å². The van der Waals surface area contributed by atoms with Gasteiger partial charge in [-0.25, -0.2) is 0 Å². The molecule has 1 heterocycles. The Hall–Kier alpha value is -1.88. The van der Waals surface area contributed by atoms with Gasteiger partial charge in [0.05, 0.1) is 6.54 Å². The molecule has 1 fully saturated rings. The van der Waals surface area contributed by atoms with Crippen molar-refractivity contribution in [2.45, 2.75) is 20.8 Å². The number of benzene rings is 1. The summed E-state index contributed by atoms with van der Waals surface area (Å²) in [4.78, 5) is 26.0. The molecule has 1 unspecified atom stereocenters. The van der Waals surface area contributed by atoms with Crippen LogP contribution < -0.4 is 10.6 Å². The fraction of sp³-hybridized carbons (Fsp3) is 0.529. The molecular weight excluding hydrogens is 278 g/mol. The largest absolute Gasteiger partial charge is 0.336 e. The second-order valence-electron chi connectivity index (χ2n) is 6.20. The molecule has 0 bridgehead atoms. The minimum atomic E-state index is -0.163. The van der Waals surface area contributed by atoms with E-state index in [0.717, 1.165) is 29.9 Å². The van der Waals surface area contributed by atoms with E-state index in [1.165, 1.54) is 4.90 Å². The van der Waals surface area contributed by atoms with Gasteiger partial charge in [-0.3, -0.25) is 9.59 Å². The van der Waals surface area contributed by atoms with Crippen LogP contribution in [-0.2, 0) is 9.59 Å². The molecule has 0 spiro atoms. The number of aryl methyl sites for hydroxylation is 1. The van der Waals surface area contributed by atoms with E-state index >= 15 is 0 Å². The van der Waals surface area contributed by atoms with Crippen LogP contribution in [-0.4, -0.2) is 43.4 Å². The number of hydrogen-bond donors (Lipinski definition) is 2. The van der Waals surface area contributed by atoms with Crippen LogP contribution in [0.5, 0.6) is 0 Å². The minimum absolute atomic E-state index is 0.0302. The van der Waals surface area contributed by atoms with E-state index in [1.807, 2.05) is 39.0 Å². The lowest BCUT2D eigenvalue weighted by Gasteiger charge is -2.33. The Kier molecular flexibility index (Phi) is 5.19. The summed E-state index contributed by atoms with van der Waals surface area (Å²) in [5.41, 5.74) is 2.99. The summed E-state index contributed by atoms with van der Waals surface area (Å²) in [5, 5.41) is 6.06. The first-order valence-electron chi connectivity index (χ1n) is 7.72. The topological polar surface area (TPSA) is 61.4 Å². The molecule has 1 atom stereocenters. The molecule has 22 heavy (non-hydrogen) atoms. The smallest absolute Gasteiger partial charge is 0.243 e. The number of likely N-dealkylation sites (N-methyl/N-ethyl adjacent to an activating group) is 1. The zero-order valence-corrected chi connectivity index (χ0v) is 13.8. The molecule has 0 aliphatic carbocycles. The van der Waals surface area contributed by atoms with Crippen LogP contribution in [0.4, 0.5) is 5.69 Å². The molecule has 120 valence electrons. The first-order chi connectivity index (χ1) is 10.4. The first kappa shape index (κ1) is 16.5. The standard InChI is InChI=1S/C17H25N3O2/c1-11-6-5-7-15(12(11)2)19-16(21)10-20(4)17(22)13(3)14-8-18-9-14/h5-7,13-14,18H,8-10H2,1-4H3,(H,19,21). The van der Waals surface area contributed by atoms with Gasteiger partial charge < -0.3 is 15.5 Å². The third-order valence-corrected chi connectivity index (χ3v) is 4.55. The van der Waals surface area contributed by atoms with Crippen molar-refractivity contribution in [2.75, 3.05) is 32.0 Å². The predicted octanol–water partition coefficient (Wildman–Crippen LogP) is 1.56. The van der Waals surface area contributed by atoms with E-state index in [9.17, 15) is 9.59 Å². The van der Waals surface area contributed by atoms with Gasteiger partial charge in [-0.15, -0.1) is 0 Å². The molecule has 2 amide bonds. The summed E-state index contributed by atoms with van der Waals surface area (Å²) in [7, 11) is 1.69. The summed E-state index contributed by atoms with van der Waals surface area (Å²) < 4.78 is 0. The van der Waals surface area contributed by atoms with E-state index in [0.29, 0.717) is 5.92 Å².